The molecule has 0 aliphatic heterocycles. The normalized spacial score (nSPS) is 13.5. The first-order valence-electron chi connectivity index (χ1n) is 5.76. The number of aromatic nitrogens is 2. The molecule has 0 fully saturated rings. The minimum absolute atomic E-state index is 0.0587. The summed E-state index contributed by atoms with van der Waals surface area (Å²) in [5.74, 6) is 0. The molecule has 19 heavy (non-hydrogen) atoms. The van der Waals surface area contributed by atoms with Gasteiger partial charge in [0, 0.05) is 7.11 Å². The fourth-order valence-electron chi connectivity index (χ4n) is 1.56. The Balaban J connectivity index is 2.54. The summed E-state index contributed by atoms with van der Waals surface area (Å²) in [5, 5.41) is 27.5. The summed E-state index contributed by atoms with van der Waals surface area (Å²) in [7, 11) is 1.57. The number of nitriles is 2. The Morgan fingerprint density at radius 1 is 1.42 bits per heavy atom. The van der Waals surface area contributed by atoms with Crippen LogP contribution >= 0.6 is 0 Å². The second kappa shape index (κ2) is 7.49. The third-order valence-electron chi connectivity index (χ3n) is 2.43. The molecule has 1 aromatic heterocycles. The van der Waals surface area contributed by atoms with Gasteiger partial charge in [-0.3, -0.25) is 0 Å². The van der Waals surface area contributed by atoms with E-state index in [0.717, 1.165) is 0 Å². The van der Waals surface area contributed by atoms with Crippen LogP contribution in [0.3, 0.4) is 0 Å². The van der Waals surface area contributed by atoms with Crippen LogP contribution in [0.2, 0.25) is 0 Å². The van der Waals surface area contributed by atoms with Crippen LogP contribution in [0, 0.1) is 22.7 Å². The first kappa shape index (κ1) is 15.1. The molecule has 0 aliphatic rings. The molecule has 7 nitrogen and oxygen atoms in total. The molecule has 0 saturated heterocycles. The van der Waals surface area contributed by atoms with Crippen molar-refractivity contribution in [2.75, 3.05) is 20.3 Å². The standard InChI is InChI=1S/C12H16N4O3/c1-9(6-18-2)19-7-10(17)5-16-8-15-11(3-13)12(16)4-14/h8-10,17H,5-7H2,1-2H3. The summed E-state index contributed by atoms with van der Waals surface area (Å²) in [5.41, 5.74) is 0.204. The Morgan fingerprint density at radius 2 is 2.16 bits per heavy atom. The highest BCUT2D eigenvalue weighted by molar-refractivity contribution is 5.36. The first-order valence-corrected chi connectivity index (χ1v) is 5.76. The van der Waals surface area contributed by atoms with Crippen molar-refractivity contribution in [3.63, 3.8) is 0 Å². The maximum Gasteiger partial charge on any atom is 0.176 e. The van der Waals surface area contributed by atoms with Crippen molar-refractivity contribution in [3.8, 4) is 12.1 Å². The fourth-order valence-corrected chi connectivity index (χ4v) is 1.56. The largest absolute Gasteiger partial charge is 0.389 e. The molecule has 1 rings (SSSR count). The summed E-state index contributed by atoms with van der Waals surface area (Å²) in [4.78, 5) is 3.79. The van der Waals surface area contributed by atoms with Crippen molar-refractivity contribution in [1.82, 2.24) is 9.55 Å². The van der Waals surface area contributed by atoms with Crippen LogP contribution in [0.1, 0.15) is 18.3 Å². The number of rotatable bonds is 7. The zero-order valence-electron chi connectivity index (χ0n) is 10.9. The van der Waals surface area contributed by atoms with E-state index in [-0.39, 0.29) is 30.6 Å². The van der Waals surface area contributed by atoms with Gasteiger partial charge >= 0.3 is 0 Å². The summed E-state index contributed by atoms with van der Waals surface area (Å²) in [6.07, 6.45) is 0.457. The molecule has 0 saturated carbocycles. The molecule has 0 aliphatic carbocycles. The van der Waals surface area contributed by atoms with E-state index in [1.165, 1.54) is 10.9 Å². The number of hydrogen-bond acceptors (Lipinski definition) is 6. The van der Waals surface area contributed by atoms with Crippen molar-refractivity contribution < 1.29 is 14.6 Å². The molecule has 0 spiro atoms. The number of methoxy groups -OCH3 is 1. The summed E-state index contributed by atoms with van der Waals surface area (Å²) < 4.78 is 11.7. The van der Waals surface area contributed by atoms with Gasteiger partial charge in [0.15, 0.2) is 11.4 Å². The SMILES string of the molecule is COCC(C)OCC(O)Cn1cnc(C#N)c1C#N. The first-order chi connectivity index (χ1) is 9.12. The Hall–Kier alpha value is -1.93. The number of imidazole rings is 1. The maximum absolute atomic E-state index is 9.81. The van der Waals surface area contributed by atoms with Crippen LogP contribution < -0.4 is 0 Å². The number of ether oxygens (including phenoxy) is 2. The van der Waals surface area contributed by atoms with Gasteiger partial charge in [0.25, 0.3) is 0 Å². The lowest BCUT2D eigenvalue weighted by Gasteiger charge is -2.16. The van der Waals surface area contributed by atoms with Crippen LogP contribution in [0.15, 0.2) is 6.33 Å². The molecule has 1 heterocycles. The molecule has 7 heteroatoms. The molecule has 1 N–H and O–H groups in total. The van der Waals surface area contributed by atoms with E-state index in [0.29, 0.717) is 6.61 Å². The molecule has 0 aromatic carbocycles. The van der Waals surface area contributed by atoms with E-state index in [1.807, 2.05) is 19.1 Å². The third-order valence-corrected chi connectivity index (χ3v) is 2.43. The lowest BCUT2D eigenvalue weighted by Crippen LogP contribution is -2.26. The second-order valence-electron chi connectivity index (χ2n) is 4.07. The highest BCUT2D eigenvalue weighted by Gasteiger charge is 2.14. The minimum Gasteiger partial charge on any atom is -0.389 e. The van der Waals surface area contributed by atoms with Gasteiger partial charge in [0.05, 0.1) is 38.3 Å². The van der Waals surface area contributed by atoms with Gasteiger partial charge in [-0.05, 0) is 6.92 Å². The second-order valence-corrected chi connectivity index (χ2v) is 4.07. The van der Waals surface area contributed by atoms with Crippen LogP contribution in [-0.4, -0.2) is 47.2 Å². The van der Waals surface area contributed by atoms with Gasteiger partial charge in [-0.2, -0.15) is 10.5 Å². The molecule has 0 amide bonds. The van der Waals surface area contributed by atoms with Crippen LogP contribution in [0.4, 0.5) is 0 Å². The summed E-state index contributed by atoms with van der Waals surface area (Å²) in [6.45, 7) is 2.55. The van der Waals surface area contributed by atoms with Crippen LogP contribution in [0.25, 0.3) is 0 Å². The minimum atomic E-state index is -0.785. The van der Waals surface area contributed by atoms with Gasteiger partial charge in [0.1, 0.15) is 12.1 Å². The summed E-state index contributed by atoms with van der Waals surface area (Å²) >= 11 is 0. The topological polar surface area (TPSA) is 104 Å². The van der Waals surface area contributed by atoms with E-state index in [1.54, 1.807) is 7.11 Å². The van der Waals surface area contributed by atoms with Crippen molar-refractivity contribution in [3.05, 3.63) is 17.7 Å². The lowest BCUT2D eigenvalue weighted by atomic mass is 10.3. The Labute approximate surface area is 111 Å². The molecule has 0 radical (unpaired) electrons. The van der Waals surface area contributed by atoms with Crippen molar-refractivity contribution in [2.24, 2.45) is 0 Å². The van der Waals surface area contributed by atoms with E-state index < -0.39 is 6.10 Å². The monoisotopic (exact) mass is 264 g/mol. The average Bonchev–Trinajstić information content (AvgIpc) is 2.78. The zero-order chi connectivity index (χ0) is 14.3. The van der Waals surface area contributed by atoms with Crippen LogP contribution in [0.5, 0.6) is 0 Å². The van der Waals surface area contributed by atoms with E-state index in [9.17, 15) is 5.11 Å². The lowest BCUT2D eigenvalue weighted by molar-refractivity contribution is -0.0356. The quantitative estimate of drug-likeness (QED) is 0.745. The molecule has 1 aromatic rings. The van der Waals surface area contributed by atoms with Gasteiger partial charge in [0.2, 0.25) is 0 Å². The zero-order valence-corrected chi connectivity index (χ0v) is 10.9. The smallest absolute Gasteiger partial charge is 0.176 e. The number of hydrogen-bond donors (Lipinski definition) is 1. The molecule has 2 atom stereocenters. The molecule has 102 valence electrons. The van der Waals surface area contributed by atoms with Crippen molar-refractivity contribution in [2.45, 2.75) is 25.7 Å². The summed E-state index contributed by atoms with van der Waals surface area (Å²) in [6, 6.07) is 3.71. The van der Waals surface area contributed by atoms with E-state index in [2.05, 4.69) is 4.98 Å². The van der Waals surface area contributed by atoms with Crippen molar-refractivity contribution >= 4 is 0 Å². The fraction of sp³-hybridized carbons (Fsp3) is 0.583. The van der Waals surface area contributed by atoms with Gasteiger partial charge in [-0.25, -0.2) is 4.98 Å². The Kier molecular flexibility index (Phi) is 5.97. The van der Waals surface area contributed by atoms with E-state index >= 15 is 0 Å². The molecular weight excluding hydrogens is 248 g/mol. The number of nitrogens with zero attached hydrogens (tertiary/aromatic N) is 4. The molecule has 2 unspecified atom stereocenters. The van der Waals surface area contributed by atoms with Gasteiger partial charge in [-0.1, -0.05) is 0 Å². The predicted octanol–water partition coefficient (Wildman–Crippen LogP) is 0.0389. The Morgan fingerprint density at radius 3 is 2.74 bits per heavy atom. The highest BCUT2D eigenvalue weighted by Crippen LogP contribution is 2.06. The molecule has 0 bridgehead atoms. The molecular formula is C12H16N4O3. The highest BCUT2D eigenvalue weighted by atomic mass is 16.5. The third kappa shape index (κ3) is 4.34. The predicted molar refractivity (Wildman–Crippen MR) is 65.0 cm³/mol. The van der Waals surface area contributed by atoms with Crippen LogP contribution in [-0.2, 0) is 16.0 Å². The van der Waals surface area contributed by atoms with Gasteiger partial charge < -0.3 is 19.1 Å². The van der Waals surface area contributed by atoms with Crippen molar-refractivity contribution in [1.29, 1.82) is 10.5 Å². The number of aliphatic hydroxyl groups is 1. The van der Waals surface area contributed by atoms with E-state index in [4.69, 9.17) is 20.0 Å². The number of aliphatic hydroxyl groups excluding tert-OH is 1. The maximum atomic E-state index is 9.81. The van der Waals surface area contributed by atoms with Gasteiger partial charge in [-0.15, -0.1) is 0 Å². The Bertz CT molecular complexity index is 486. The average molecular weight is 264 g/mol.